The van der Waals surface area contributed by atoms with Gasteiger partial charge in [0.2, 0.25) is 0 Å². The van der Waals surface area contributed by atoms with Crippen LogP contribution >= 0.6 is 45.2 Å². The van der Waals surface area contributed by atoms with E-state index in [9.17, 15) is 9.59 Å². The molecule has 0 aromatic carbocycles. The van der Waals surface area contributed by atoms with Gasteiger partial charge in [-0.05, 0) is 13.8 Å². The third kappa shape index (κ3) is 12.3. The lowest BCUT2D eigenvalue weighted by atomic mass is 10.5. The predicted molar refractivity (Wildman–Crippen MR) is 81.5 cm³/mol. The van der Waals surface area contributed by atoms with Crippen LogP contribution in [0.1, 0.15) is 13.8 Å². The first kappa shape index (κ1) is 18.6. The number of carboxylic acid groups (broad SMARTS) is 1. The zero-order chi connectivity index (χ0) is 13.3. The highest BCUT2D eigenvalue weighted by Crippen LogP contribution is 2.05. The van der Waals surface area contributed by atoms with Crippen molar-refractivity contribution >= 4 is 57.2 Å². The van der Waals surface area contributed by atoms with E-state index in [-0.39, 0.29) is 12.6 Å². The van der Waals surface area contributed by atoms with Gasteiger partial charge in [-0.2, -0.15) is 0 Å². The summed E-state index contributed by atoms with van der Waals surface area (Å²) in [6, 6.07) is -0.278. The standard InChI is InChI=1S/C7H14N2O3.C2H4I2/c1-4-8(2)7(12)9(3)5-6(10)11;1-2(3)4/h4-5H2,1-3H3,(H,10,11);2H,1H3. The summed E-state index contributed by atoms with van der Waals surface area (Å²) in [5.41, 5.74) is 0. The molecular formula is C9H18I2N2O3. The number of alkyl halides is 2. The molecule has 0 aromatic heterocycles. The minimum Gasteiger partial charge on any atom is -0.480 e. The number of nitrogens with zero attached hydrogens (tertiary/aromatic N) is 2. The Hall–Kier alpha value is 0.200. The van der Waals surface area contributed by atoms with Gasteiger partial charge in [-0.15, -0.1) is 0 Å². The van der Waals surface area contributed by atoms with Gasteiger partial charge in [0.1, 0.15) is 6.54 Å². The van der Waals surface area contributed by atoms with Crippen molar-refractivity contribution in [2.24, 2.45) is 0 Å². The maximum absolute atomic E-state index is 11.2. The Morgan fingerprint density at radius 1 is 1.25 bits per heavy atom. The Morgan fingerprint density at radius 2 is 1.62 bits per heavy atom. The molecule has 0 atom stereocenters. The van der Waals surface area contributed by atoms with Gasteiger partial charge < -0.3 is 14.9 Å². The molecule has 0 bridgehead atoms. The molecule has 0 heterocycles. The third-order valence-electron chi connectivity index (χ3n) is 1.50. The first-order chi connectivity index (χ1) is 7.22. The van der Waals surface area contributed by atoms with Crippen molar-refractivity contribution in [3.8, 4) is 0 Å². The summed E-state index contributed by atoms with van der Waals surface area (Å²) in [6.45, 7) is 4.28. The molecule has 0 unspecified atom stereocenters. The van der Waals surface area contributed by atoms with Gasteiger partial charge in [-0.3, -0.25) is 4.79 Å². The molecule has 0 aromatic rings. The number of rotatable bonds is 3. The normalized spacial score (nSPS) is 9.19. The van der Waals surface area contributed by atoms with Crippen molar-refractivity contribution in [3.05, 3.63) is 0 Å². The second-order valence-electron chi connectivity index (χ2n) is 3.07. The minimum absolute atomic E-state index is 0.261. The van der Waals surface area contributed by atoms with Crippen LogP contribution < -0.4 is 0 Å². The average Bonchev–Trinajstić information content (AvgIpc) is 2.13. The van der Waals surface area contributed by atoms with Crippen molar-refractivity contribution in [1.29, 1.82) is 0 Å². The molecule has 1 N–H and O–H groups in total. The highest BCUT2D eigenvalue weighted by Gasteiger charge is 2.14. The number of amides is 2. The van der Waals surface area contributed by atoms with Crippen molar-refractivity contribution in [2.45, 2.75) is 15.8 Å². The van der Waals surface area contributed by atoms with Crippen LogP contribution in [0.2, 0.25) is 0 Å². The van der Waals surface area contributed by atoms with Crippen molar-refractivity contribution in [1.82, 2.24) is 9.80 Å². The summed E-state index contributed by atoms with van der Waals surface area (Å²) in [5, 5.41) is 8.37. The van der Waals surface area contributed by atoms with E-state index >= 15 is 0 Å². The van der Waals surface area contributed by atoms with Crippen LogP contribution in [0.25, 0.3) is 0 Å². The van der Waals surface area contributed by atoms with Crippen LogP contribution in [0.4, 0.5) is 4.79 Å². The maximum atomic E-state index is 11.2. The number of carboxylic acids is 1. The lowest BCUT2D eigenvalue weighted by Gasteiger charge is -2.21. The highest BCUT2D eigenvalue weighted by atomic mass is 127. The summed E-state index contributed by atoms with van der Waals surface area (Å²) in [4.78, 5) is 24.0. The van der Waals surface area contributed by atoms with E-state index in [1.165, 1.54) is 11.9 Å². The van der Waals surface area contributed by atoms with E-state index in [2.05, 4.69) is 52.1 Å². The number of hydrogen-bond donors (Lipinski definition) is 1. The van der Waals surface area contributed by atoms with Gasteiger partial charge in [0.05, 0.1) is 1.93 Å². The molecule has 0 aliphatic carbocycles. The topological polar surface area (TPSA) is 60.9 Å². The van der Waals surface area contributed by atoms with Gasteiger partial charge in [0, 0.05) is 20.6 Å². The zero-order valence-corrected chi connectivity index (χ0v) is 14.2. The Balaban J connectivity index is 0. The van der Waals surface area contributed by atoms with E-state index in [4.69, 9.17) is 5.11 Å². The van der Waals surface area contributed by atoms with Crippen LogP contribution in [-0.2, 0) is 4.79 Å². The molecule has 2 amide bonds. The van der Waals surface area contributed by atoms with E-state index in [0.29, 0.717) is 6.54 Å². The summed E-state index contributed by atoms with van der Waals surface area (Å²) in [6.07, 6.45) is 0. The second kappa shape index (κ2) is 10.4. The van der Waals surface area contributed by atoms with Crippen LogP contribution in [-0.4, -0.2) is 56.0 Å². The number of carbonyl (C=O) groups excluding carboxylic acids is 1. The Labute approximate surface area is 124 Å². The Kier molecular flexibility index (Phi) is 12.0. The monoisotopic (exact) mass is 456 g/mol. The van der Waals surface area contributed by atoms with Gasteiger partial charge in [-0.25, -0.2) is 4.79 Å². The van der Waals surface area contributed by atoms with Crippen LogP contribution in [0, 0.1) is 0 Å². The molecule has 5 nitrogen and oxygen atoms in total. The summed E-state index contributed by atoms with van der Waals surface area (Å²) in [7, 11) is 3.09. The molecule has 0 aliphatic heterocycles. The molecule has 0 radical (unpaired) electrons. The fourth-order valence-corrected chi connectivity index (χ4v) is 0.697. The lowest BCUT2D eigenvalue weighted by Crippen LogP contribution is -2.41. The number of likely N-dealkylation sites (N-methyl/N-ethyl adjacent to an activating group) is 1. The smallest absolute Gasteiger partial charge is 0.323 e. The number of hydrogen-bond acceptors (Lipinski definition) is 2. The van der Waals surface area contributed by atoms with E-state index in [0.717, 1.165) is 6.83 Å². The van der Waals surface area contributed by atoms with Crippen LogP contribution in [0.15, 0.2) is 0 Å². The van der Waals surface area contributed by atoms with Crippen LogP contribution in [0.5, 0.6) is 0 Å². The fourth-order valence-electron chi connectivity index (χ4n) is 0.697. The van der Waals surface area contributed by atoms with Gasteiger partial charge >= 0.3 is 12.0 Å². The predicted octanol–water partition coefficient (Wildman–Crippen LogP) is 2.28. The van der Waals surface area contributed by atoms with E-state index in [1.54, 1.807) is 7.05 Å². The molecule has 7 heteroatoms. The molecule has 0 saturated carbocycles. The van der Waals surface area contributed by atoms with E-state index < -0.39 is 5.97 Å². The molecule has 96 valence electrons. The maximum Gasteiger partial charge on any atom is 0.323 e. The lowest BCUT2D eigenvalue weighted by molar-refractivity contribution is -0.137. The first-order valence-corrected chi connectivity index (χ1v) is 7.17. The molecule has 0 aliphatic rings. The average molecular weight is 456 g/mol. The number of aliphatic carboxylic acids is 1. The molecule has 0 saturated heterocycles. The molecular weight excluding hydrogens is 438 g/mol. The summed E-state index contributed by atoms with van der Waals surface area (Å²) < 4.78 is 0.773. The molecule has 16 heavy (non-hydrogen) atoms. The molecule has 0 fully saturated rings. The minimum atomic E-state index is -1.00. The number of halogens is 2. The third-order valence-corrected chi connectivity index (χ3v) is 1.50. The quantitative estimate of drug-likeness (QED) is 0.524. The number of carbonyl (C=O) groups is 2. The SMILES string of the molecule is CC(I)I.CCN(C)C(=O)N(C)CC(=O)O. The highest BCUT2D eigenvalue weighted by molar-refractivity contribution is 14.2. The molecule has 0 rings (SSSR count). The van der Waals surface area contributed by atoms with Crippen LogP contribution in [0.3, 0.4) is 0 Å². The Bertz CT molecular complexity index is 222. The van der Waals surface area contributed by atoms with Crippen molar-refractivity contribution in [2.75, 3.05) is 27.2 Å². The van der Waals surface area contributed by atoms with Gasteiger partial charge in [-0.1, -0.05) is 45.2 Å². The summed E-state index contributed by atoms with van der Waals surface area (Å²) >= 11 is 4.66. The van der Waals surface area contributed by atoms with Gasteiger partial charge in [0.25, 0.3) is 0 Å². The molecule has 0 spiro atoms. The van der Waals surface area contributed by atoms with Crippen molar-refractivity contribution < 1.29 is 14.7 Å². The second-order valence-corrected chi connectivity index (χ2v) is 9.19. The Morgan fingerprint density at radius 3 is 1.88 bits per heavy atom. The zero-order valence-electron chi connectivity index (χ0n) is 9.91. The van der Waals surface area contributed by atoms with Crippen molar-refractivity contribution in [3.63, 3.8) is 0 Å². The first-order valence-electron chi connectivity index (χ1n) is 4.68. The fraction of sp³-hybridized carbons (Fsp3) is 0.778. The summed E-state index contributed by atoms with van der Waals surface area (Å²) in [5.74, 6) is -1.00. The van der Waals surface area contributed by atoms with E-state index in [1.807, 2.05) is 6.92 Å². The van der Waals surface area contributed by atoms with Gasteiger partial charge in [0.15, 0.2) is 0 Å². The largest absolute Gasteiger partial charge is 0.480 e. The number of urea groups is 1.